The van der Waals surface area contributed by atoms with Gasteiger partial charge in [-0.1, -0.05) is 0 Å². The minimum atomic E-state index is -0.872. The van der Waals surface area contributed by atoms with Crippen LogP contribution in [0.5, 0.6) is 17.2 Å². The van der Waals surface area contributed by atoms with Crippen molar-refractivity contribution in [2.45, 2.75) is 38.9 Å². The molecule has 0 saturated heterocycles. The Morgan fingerprint density at radius 3 is 2.23 bits per heavy atom. The summed E-state index contributed by atoms with van der Waals surface area (Å²) in [6.45, 7) is 5.92. The first-order valence-electron chi connectivity index (χ1n) is 8.37. The van der Waals surface area contributed by atoms with Crippen molar-refractivity contribution in [1.29, 1.82) is 0 Å². The van der Waals surface area contributed by atoms with E-state index >= 15 is 0 Å². The van der Waals surface area contributed by atoms with E-state index in [1.54, 1.807) is 19.9 Å². The van der Waals surface area contributed by atoms with Crippen molar-refractivity contribution in [2.24, 2.45) is 0 Å². The fourth-order valence-electron chi connectivity index (χ4n) is 2.98. The highest BCUT2D eigenvalue weighted by Crippen LogP contribution is 2.47. The van der Waals surface area contributed by atoms with Gasteiger partial charge in [0.1, 0.15) is 5.58 Å². The molecule has 144 valence electrons. The van der Waals surface area contributed by atoms with E-state index in [1.165, 1.54) is 27.4 Å². The molecule has 7 heteroatoms. The van der Waals surface area contributed by atoms with Gasteiger partial charge in [-0.25, -0.2) is 4.79 Å². The number of ether oxygens (including phenoxy) is 4. The topological polar surface area (TPSA) is 87.4 Å². The minimum Gasteiger partial charge on any atom is -0.492 e. The summed E-state index contributed by atoms with van der Waals surface area (Å²) < 4.78 is 27.5. The van der Waals surface area contributed by atoms with Crippen LogP contribution in [0.15, 0.2) is 21.3 Å². The summed E-state index contributed by atoms with van der Waals surface area (Å²) in [5, 5.41) is 11.3. The summed E-state index contributed by atoms with van der Waals surface area (Å²) in [6, 6.07) is 2.91. The minimum absolute atomic E-state index is 0.139. The lowest BCUT2D eigenvalue weighted by Gasteiger charge is -2.31. The fourth-order valence-corrected chi connectivity index (χ4v) is 2.98. The number of benzene rings is 1. The van der Waals surface area contributed by atoms with Gasteiger partial charge in [-0.3, -0.25) is 0 Å². The molecule has 0 amide bonds. The summed E-state index contributed by atoms with van der Waals surface area (Å²) in [5.74, 6) is 1.11. The third-order valence-electron chi connectivity index (χ3n) is 4.37. The number of methoxy groups -OCH3 is 3. The maximum absolute atomic E-state index is 11.8. The van der Waals surface area contributed by atoms with Gasteiger partial charge in [0.2, 0.25) is 5.75 Å². The quantitative estimate of drug-likeness (QED) is 0.718. The molecule has 2 rings (SSSR count). The van der Waals surface area contributed by atoms with E-state index in [0.29, 0.717) is 40.4 Å². The van der Waals surface area contributed by atoms with Crippen molar-refractivity contribution in [1.82, 2.24) is 0 Å². The first-order valence-corrected chi connectivity index (χ1v) is 8.37. The zero-order valence-corrected chi connectivity index (χ0v) is 16.0. The van der Waals surface area contributed by atoms with E-state index in [4.69, 9.17) is 23.4 Å². The van der Waals surface area contributed by atoms with Crippen molar-refractivity contribution < 1.29 is 28.5 Å². The summed E-state index contributed by atoms with van der Waals surface area (Å²) in [7, 11) is 4.47. The molecule has 0 fully saturated rings. The van der Waals surface area contributed by atoms with Crippen LogP contribution in [-0.4, -0.2) is 44.7 Å². The highest BCUT2D eigenvalue weighted by atomic mass is 16.5. The van der Waals surface area contributed by atoms with Crippen molar-refractivity contribution in [3.05, 3.63) is 28.1 Å². The average Bonchev–Trinajstić information content (AvgIpc) is 2.60. The van der Waals surface area contributed by atoms with Crippen molar-refractivity contribution in [3.8, 4) is 17.2 Å². The Morgan fingerprint density at radius 1 is 1.08 bits per heavy atom. The van der Waals surface area contributed by atoms with Crippen LogP contribution in [0.1, 0.15) is 26.3 Å². The van der Waals surface area contributed by atoms with Crippen LogP contribution in [-0.2, 0) is 11.2 Å². The van der Waals surface area contributed by atoms with Crippen LogP contribution >= 0.6 is 0 Å². The van der Waals surface area contributed by atoms with Gasteiger partial charge >= 0.3 is 5.63 Å². The molecule has 0 aliphatic rings. The molecule has 0 saturated carbocycles. The molecular formula is C19H26O7. The van der Waals surface area contributed by atoms with Crippen LogP contribution in [0, 0.1) is 0 Å². The standard InChI is InChI=1S/C19H26O7/c1-7-25-19(2,3)13(20)10-12-15-11(8-9-14(21)26-15)16(22-4)18(24-6)17(12)23-5/h8-9,13,20H,7,10H2,1-6H3. The van der Waals surface area contributed by atoms with E-state index < -0.39 is 17.3 Å². The number of fused-ring (bicyclic) bond motifs is 1. The van der Waals surface area contributed by atoms with Crippen molar-refractivity contribution >= 4 is 11.0 Å². The van der Waals surface area contributed by atoms with Gasteiger partial charge in [0.05, 0.1) is 38.4 Å². The molecule has 0 spiro atoms. The first-order chi connectivity index (χ1) is 12.3. The van der Waals surface area contributed by atoms with Gasteiger partial charge in [0.25, 0.3) is 0 Å². The van der Waals surface area contributed by atoms with E-state index in [1.807, 2.05) is 6.92 Å². The zero-order chi connectivity index (χ0) is 19.5. The lowest BCUT2D eigenvalue weighted by Crippen LogP contribution is -2.40. The molecule has 1 N–H and O–H groups in total. The highest BCUT2D eigenvalue weighted by Gasteiger charge is 2.32. The summed E-state index contributed by atoms with van der Waals surface area (Å²) in [6.07, 6.45) is -0.733. The van der Waals surface area contributed by atoms with Crippen LogP contribution in [0.4, 0.5) is 0 Å². The number of rotatable bonds is 8. The smallest absolute Gasteiger partial charge is 0.336 e. The monoisotopic (exact) mass is 366 g/mol. The maximum Gasteiger partial charge on any atom is 0.336 e. The van der Waals surface area contributed by atoms with E-state index in [9.17, 15) is 9.90 Å². The van der Waals surface area contributed by atoms with Crippen molar-refractivity contribution in [3.63, 3.8) is 0 Å². The normalized spacial score (nSPS) is 12.9. The molecule has 0 aliphatic heterocycles. The molecule has 0 aliphatic carbocycles. The van der Waals surface area contributed by atoms with Crippen LogP contribution in [0.3, 0.4) is 0 Å². The first kappa shape index (κ1) is 20.1. The second-order valence-electron chi connectivity index (χ2n) is 6.33. The van der Waals surface area contributed by atoms with Gasteiger partial charge in [0, 0.05) is 24.7 Å². The lowest BCUT2D eigenvalue weighted by atomic mass is 9.93. The second-order valence-corrected chi connectivity index (χ2v) is 6.33. The molecule has 2 aromatic rings. The zero-order valence-electron chi connectivity index (χ0n) is 16.0. The molecule has 1 aromatic carbocycles. The van der Waals surface area contributed by atoms with E-state index in [-0.39, 0.29) is 6.42 Å². The molecule has 1 unspecified atom stereocenters. The molecule has 26 heavy (non-hydrogen) atoms. The molecule has 1 heterocycles. The Morgan fingerprint density at radius 2 is 1.69 bits per heavy atom. The Hall–Kier alpha value is -2.25. The molecule has 1 atom stereocenters. The third kappa shape index (κ3) is 3.64. The predicted molar refractivity (Wildman–Crippen MR) is 97.6 cm³/mol. The Bertz CT molecular complexity index is 823. The summed E-state index contributed by atoms with van der Waals surface area (Å²) in [5.41, 5.74) is -0.503. The van der Waals surface area contributed by atoms with Gasteiger partial charge < -0.3 is 28.5 Å². The van der Waals surface area contributed by atoms with Gasteiger partial charge in [-0.2, -0.15) is 0 Å². The molecule has 0 radical (unpaired) electrons. The van der Waals surface area contributed by atoms with Gasteiger partial charge in [0.15, 0.2) is 11.5 Å². The average molecular weight is 366 g/mol. The van der Waals surface area contributed by atoms with Gasteiger partial charge in [-0.15, -0.1) is 0 Å². The summed E-state index contributed by atoms with van der Waals surface area (Å²) >= 11 is 0. The number of aliphatic hydroxyl groups excluding tert-OH is 1. The van der Waals surface area contributed by atoms with Crippen LogP contribution < -0.4 is 19.8 Å². The number of aliphatic hydroxyl groups is 1. The maximum atomic E-state index is 11.8. The molecule has 1 aromatic heterocycles. The molecule has 7 nitrogen and oxygen atoms in total. The molecule has 0 bridgehead atoms. The fraction of sp³-hybridized carbons (Fsp3) is 0.526. The Kier molecular flexibility index (Phi) is 6.15. The number of hydrogen-bond acceptors (Lipinski definition) is 7. The Labute approximate surface area is 152 Å². The van der Waals surface area contributed by atoms with E-state index in [0.717, 1.165) is 0 Å². The summed E-state index contributed by atoms with van der Waals surface area (Å²) in [4.78, 5) is 11.8. The third-order valence-corrected chi connectivity index (χ3v) is 4.37. The highest BCUT2D eigenvalue weighted by molar-refractivity contribution is 5.92. The molecular weight excluding hydrogens is 340 g/mol. The second kappa shape index (κ2) is 7.97. The lowest BCUT2D eigenvalue weighted by molar-refractivity contribution is -0.0955. The van der Waals surface area contributed by atoms with E-state index in [2.05, 4.69) is 0 Å². The largest absolute Gasteiger partial charge is 0.492 e. The SMILES string of the molecule is CCOC(C)(C)C(O)Cc1c(OC)c(OC)c(OC)c2ccc(=O)oc12. The number of hydrogen-bond donors (Lipinski definition) is 1. The Balaban J connectivity index is 2.74. The van der Waals surface area contributed by atoms with Crippen molar-refractivity contribution in [2.75, 3.05) is 27.9 Å². The predicted octanol–water partition coefficient (Wildman–Crippen LogP) is 2.54. The van der Waals surface area contributed by atoms with Crippen LogP contribution in [0.25, 0.3) is 11.0 Å². The van der Waals surface area contributed by atoms with Crippen LogP contribution in [0.2, 0.25) is 0 Å². The van der Waals surface area contributed by atoms with Gasteiger partial charge in [-0.05, 0) is 26.8 Å².